The highest BCUT2D eigenvalue weighted by atomic mass is 32.2. The van der Waals surface area contributed by atoms with Crippen LogP contribution in [0.3, 0.4) is 0 Å². The number of carbonyl (C=O) groups excluding carboxylic acids is 1. The first-order chi connectivity index (χ1) is 18.2. The Hall–Kier alpha value is -3.18. The summed E-state index contributed by atoms with van der Waals surface area (Å²) in [4.78, 5) is 32.6. The Morgan fingerprint density at radius 1 is 1.15 bits per heavy atom. The fourth-order valence-corrected chi connectivity index (χ4v) is 7.20. The molecule has 0 radical (unpaired) electrons. The Bertz CT molecular complexity index is 1430. The number of anilines is 1. The van der Waals surface area contributed by atoms with E-state index in [2.05, 4.69) is 15.3 Å². The van der Waals surface area contributed by atoms with Gasteiger partial charge < -0.3 is 20.8 Å². The van der Waals surface area contributed by atoms with Gasteiger partial charge in [-0.05, 0) is 77.3 Å². The smallest absolute Gasteiger partial charge is 0.308 e. The molecule has 0 saturated heterocycles. The molecule has 2 aliphatic rings. The van der Waals surface area contributed by atoms with Gasteiger partial charge >= 0.3 is 5.97 Å². The van der Waals surface area contributed by atoms with Crippen LogP contribution in [0.2, 0.25) is 0 Å². The monoisotopic (exact) mass is 557 g/mol. The summed E-state index contributed by atoms with van der Waals surface area (Å²) in [5.74, 6) is -0.430. The lowest BCUT2D eigenvalue weighted by Gasteiger charge is -2.34. The molecule has 1 aliphatic heterocycles. The van der Waals surface area contributed by atoms with Crippen molar-refractivity contribution in [2.24, 2.45) is 10.7 Å². The lowest BCUT2D eigenvalue weighted by atomic mass is 9.95. The summed E-state index contributed by atoms with van der Waals surface area (Å²) in [5.41, 5.74) is 6.18. The first-order valence-corrected chi connectivity index (χ1v) is 14.8. The van der Waals surface area contributed by atoms with Gasteiger partial charge in [-0.1, -0.05) is 19.3 Å². The molecule has 0 atom stereocenters. The summed E-state index contributed by atoms with van der Waals surface area (Å²) in [6.45, 7) is 8.81. The van der Waals surface area contributed by atoms with Crippen molar-refractivity contribution in [3.63, 3.8) is 0 Å². The van der Waals surface area contributed by atoms with Gasteiger partial charge in [0.05, 0.1) is 22.7 Å². The lowest BCUT2D eigenvalue weighted by Crippen LogP contribution is -2.46. The molecular formula is C28H39N5O5S. The molecule has 0 spiro atoms. The largest absolute Gasteiger partial charge is 0.460 e. The van der Waals surface area contributed by atoms with Crippen molar-refractivity contribution in [3.05, 3.63) is 51.9 Å². The Balaban J connectivity index is 1.59. The number of aliphatic imine (C=N–C) groups is 1. The van der Waals surface area contributed by atoms with Gasteiger partial charge in [-0.25, -0.2) is 13.4 Å². The van der Waals surface area contributed by atoms with Gasteiger partial charge in [0, 0.05) is 24.3 Å². The molecule has 0 unspecified atom stereocenters. The zero-order valence-corrected chi connectivity index (χ0v) is 24.2. The van der Waals surface area contributed by atoms with Gasteiger partial charge in [0.2, 0.25) is 10.0 Å². The molecule has 39 heavy (non-hydrogen) atoms. The van der Waals surface area contributed by atoms with Crippen molar-refractivity contribution in [1.82, 2.24) is 9.29 Å². The maximum atomic E-state index is 13.4. The average molecular weight is 558 g/mol. The summed E-state index contributed by atoms with van der Waals surface area (Å²) in [7, 11) is -3.84. The normalized spacial score (nSPS) is 18.5. The first-order valence-electron chi connectivity index (χ1n) is 13.4. The third kappa shape index (κ3) is 6.52. The van der Waals surface area contributed by atoms with Crippen LogP contribution in [-0.2, 0) is 26.1 Å². The van der Waals surface area contributed by atoms with Crippen LogP contribution in [0.15, 0.2) is 45.1 Å². The van der Waals surface area contributed by atoms with Crippen LogP contribution >= 0.6 is 0 Å². The molecule has 1 aromatic carbocycles. The molecule has 11 heteroatoms. The SMILES string of the molecule is CC(C)(C)OC(=O)CC(C)(C)N1Cc2cc(N=C(N)c3c(NC4CCCCC4)cc[nH]c3=O)ccc2S1(=O)=O. The van der Waals surface area contributed by atoms with Crippen LogP contribution < -0.4 is 16.6 Å². The molecule has 0 bridgehead atoms. The number of hydrogen-bond acceptors (Lipinski definition) is 7. The summed E-state index contributed by atoms with van der Waals surface area (Å²) >= 11 is 0. The van der Waals surface area contributed by atoms with Crippen LogP contribution in [0.5, 0.6) is 0 Å². The summed E-state index contributed by atoms with van der Waals surface area (Å²) in [6.07, 6.45) is 7.05. The zero-order chi connectivity index (χ0) is 28.6. The highest BCUT2D eigenvalue weighted by molar-refractivity contribution is 7.89. The van der Waals surface area contributed by atoms with E-state index >= 15 is 0 Å². The quantitative estimate of drug-likeness (QED) is 0.263. The number of H-pyrrole nitrogens is 1. The van der Waals surface area contributed by atoms with E-state index < -0.39 is 27.1 Å². The first kappa shape index (κ1) is 28.8. The molecule has 1 aliphatic carbocycles. The van der Waals surface area contributed by atoms with Crippen molar-refractivity contribution in [2.45, 2.75) is 102 Å². The van der Waals surface area contributed by atoms with Gasteiger partial charge in [-0.15, -0.1) is 0 Å². The molecule has 1 fully saturated rings. The van der Waals surface area contributed by atoms with Crippen LogP contribution in [0.1, 0.15) is 84.3 Å². The molecule has 1 aromatic heterocycles. The minimum absolute atomic E-state index is 0.0399. The van der Waals surface area contributed by atoms with Crippen LogP contribution in [0, 0.1) is 0 Å². The highest BCUT2D eigenvalue weighted by Crippen LogP contribution is 2.39. The van der Waals surface area contributed by atoms with Crippen molar-refractivity contribution in [3.8, 4) is 0 Å². The van der Waals surface area contributed by atoms with Crippen molar-refractivity contribution in [1.29, 1.82) is 0 Å². The average Bonchev–Trinajstić information content (AvgIpc) is 3.09. The molecular weight excluding hydrogens is 518 g/mol. The number of nitrogens with two attached hydrogens (primary N) is 1. The Labute approximate surface area is 230 Å². The number of ether oxygens (including phenoxy) is 1. The van der Waals surface area contributed by atoms with Gasteiger partial charge in [0.25, 0.3) is 5.56 Å². The van der Waals surface area contributed by atoms with Crippen molar-refractivity contribution >= 4 is 33.2 Å². The molecule has 1 saturated carbocycles. The van der Waals surface area contributed by atoms with E-state index in [0.29, 0.717) is 16.9 Å². The number of nitrogens with one attached hydrogen (secondary N) is 2. The fraction of sp³-hybridized carbons (Fsp3) is 0.536. The number of nitrogens with zero attached hydrogens (tertiary/aromatic N) is 2. The van der Waals surface area contributed by atoms with Gasteiger partial charge in [0.1, 0.15) is 17.0 Å². The summed E-state index contributed by atoms with van der Waals surface area (Å²) in [5, 5.41) is 3.46. The summed E-state index contributed by atoms with van der Waals surface area (Å²) in [6, 6.07) is 6.78. The number of esters is 1. The minimum Gasteiger partial charge on any atom is -0.460 e. The number of fused-ring (bicyclic) bond motifs is 1. The Kier molecular flexibility index (Phi) is 7.96. The van der Waals surface area contributed by atoms with E-state index in [1.165, 1.54) is 16.8 Å². The predicted molar refractivity (Wildman–Crippen MR) is 152 cm³/mol. The molecule has 4 rings (SSSR count). The topological polar surface area (TPSA) is 147 Å². The van der Waals surface area contributed by atoms with E-state index in [-0.39, 0.29) is 40.9 Å². The van der Waals surface area contributed by atoms with Crippen molar-refractivity contribution in [2.75, 3.05) is 5.32 Å². The predicted octanol–water partition coefficient (Wildman–Crippen LogP) is 4.17. The maximum absolute atomic E-state index is 13.4. The van der Waals surface area contributed by atoms with Gasteiger partial charge in [0.15, 0.2) is 0 Å². The fourth-order valence-electron chi connectivity index (χ4n) is 5.24. The molecule has 4 N–H and O–H groups in total. The zero-order valence-electron chi connectivity index (χ0n) is 23.3. The van der Waals surface area contributed by atoms with Crippen LogP contribution in [0.4, 0.5) is 11.4 Å². The summed E-state index contributed by atoms with van der Waals surface area (Å²) < 4.78 is 33.5. The number of aromatic nitrogens is 1. The number of rotatable bonds is 7. The number of amidine groups is 1. The molecule has 212 valence electrons. The van der Waals surface area contributed by atoms with Crippen molar-refractivity contribution < 1.29 is 17.9 Å². The van der Waals surface area contributed by atoms with E-state index in [9.17, 15) is 18.0 Å². The molecule has 10 nitrogen and oxygen atoms in total. The standard InChI is InChI=1S/C28H39N5O5S/c1-27(2,3)38-23(34)16-28(4,5)33-17-18-15-20(11-12-22(18)39(33,36)37)32-25(29)24-21(13-14-30-26(24)35)31-19-9-7-6-8-10-19/h11-15,19H,6-10,16-17H2,1-5H3,(H2,29,32)(H2,30,31,35). The minimum atomic E-state index is -3.84. The van der Waals surface area contributed by atoms with Crippen LogP contribution in [-0.4, -0.2) is 46.7 Å². The molecule has 0 amide bonds. The third-order valence-corrected chi connectivity index (χ3v) is 9.19. The Morgan fingerprint density at radius 3 is 2.51 bits per heavy atom. The third-order valence-electron chi connectivity index (χ3n) is 7.03. The molecule has 2 aromatic rings. The van der Waals surface area contributed by atoms with E-state index in [4.69, 9.17) is 10.5 Å². The number of pyridine rings is 1. The number of sulfonamides is 1. The number of aromatic amines is 1. The van der Waals surface area contributed by atoms with Gasteiger partial charge in [-0.3, -0.25) is 9.59 Å². The van der Waals surface area contributed by atoms with E-state index in [0.717, 1.165) is 25.7 Å². The highest BCUT2D eigenvalue weighted by Gasteiger charge is 2.45. The number of hydrogen-bond donors (Lipinski definition) is 3. The maximum Gasteiger partial charge on any atom is 0.308 e. The Morgan fingerprint density at radius 2 is 1.85 bits per heavy atom. The van der Waals surface area contributed by atoms with E-state index in [1.54, 1.807) is 59.0 Å². The van der Waals surface area contributed by atoms with Crippen LogP contribution in [0.25, 0.3) is 0 Å². The second-order valence-corrected chi connectivity index (χ2v) is 13.8. The second kappa shape index (κ2) is 10.8. The number of benzene rings is 1. The lowest BCUT2D eigenvalue weighted by molar-refractivity contribution is -0.157. The van der Waals surface area contributed by atoms with Gasteiger partial charge in [-0.2, -0.15) is 4.31 Å². The second-order valence-electron chi connectivity index (χ2n) is 12.0. The molecule has 2 heterocycles. The number of carbonyl (C=O) groups is 1. The van der Waals surface area contributed by atoms with E-state index in [1.807, 2.05) is 0 Å².